The number of rotatable bonds is 4. The Morgan fingerprint density at radius 1 is 1.47 bits per heavy atom. The zero-order valence-corrected chi connectivity index (χ0v) is 9.31. The third kappa shape index (κ3) is 2.48. The van der Waals surface area contributed by atoms with Gasteiger partial charge in [-0.15, -0.1) is 0 Å². The largest absolute Gasteiger partial charge is 0.380 e. The van der Waals surface area contributed by atoms with E-state index in [0.29, 0.717) is 22.8 Å². The van der Waals surface area contributed by atoms with Gasteiger partial charge in [0.2, 0.25) is 11.7 Å². The Hall–Kier alpha value is -1.79. The smallest absolute Gasteiger partial charge is 0.240 e. The summed E-state index contributed by atoms with van der Waals surface area (Å²) in [4.78, 5) is 4.02. The number of hydrogen-bond donors (Lipinski definition) is 1. The fourth-order valence-electron chi connectivity index (χ4n) is 1.41. The van der Waals surface area contributed by atoms with Gasteiger partial charge in [-0.1, -0.05) is 17.3 Å². The van der Waals surface area contributed by atoms with Crippen LogP contribution in [0.2, 0.25) is 0 Å². The molecular formula is C11H12FN3O2. The summed E-state index contributed by atoms with van der Waals surface area (Å²) in [5.74, 6) is 0.290. The number of nitrogens with two attached hydrogens (primary N) is 1. The number of methoxy groups -OCH3 is 1. The van der Waals surface area contributed by atoms with Crippen molar-refractivity contribution < 1.29 is 13.7 Å². The molecule has 6 heteroatoms. The molecule has 1 aromatic heterocycles. The lowest BCUT2D eigenvalue weighted by Gasteiger charge is -2.02. The zero-order chi connectivity index (χ0) is 12.3. The highest BCUT2D eigenvalue weighted by molar-refractivity contribution is 5.54. The molecule has 0 radical (unpaired) electrons. The molecule has 0 aliphatic carbocycles. The van der Waals surface area contributed by atoms with Gasteiger partial charge in [0.25, 0.3) is 0 Å². The first-order valence-corrected chi connectivity index (χ1v) is 5.05. The van der Waals surface area contributed by atoms with Gasteiger partial charge < -0.3 is 15.0 Å². The fourth-order valence-corrected chi connectivity index (χ4v) is 1.41. The molecule has 0 aliphatic rings. The minimum atomic E-state index is -0.358. The number of aromatic nitrogens is 2. The van der Waals surface area contributed by atoms with E-state index in [0.717, 1.165) is 0 Å². The van der Waals surface area contributed by atoms with Gasteiger partial charge in [-0.3, -0.25) is 0 Å². The third-order valence-electron chi connectivity index (χ3n) is 2.25. The quantitative estimate of drug-likeness (QED) is 0.871. The fraction of sp³-hybridized carbons (Fsp3) is 0.273. The number of nitrogens with zero attached hydrogens (tertiary/aromatic N) is 2. The Morgan fingerprint density at radius 3 is 2.88 bits per heavy atom. The van der Waals surface area contributed by atoms with Crippen LogP contribution in [0, 0.1) is 5.82 Å². The van der Waals surface area contributed by atoms with Gasteiger partial charge in [0.1, 0.15) is 5.82 Å². The second kappa shape index (κ2) is 5.03. The van der Waals surface area contributed by atoms with Crippen molar-refractivity contribution in [3.8, 4) is 11.4 Å². The van der Waals surface area contributed by atoms with Gasteiger partial charge in [0.15, 0.2) is 0 Å². The molecule has 0 aliphatic heterocycles. The van der Waals surface area contributed by atoms with Crippen molar-refractivity contribution in [1.29, 1.82) is 0 Å². The minimum absolute atomic E-state index is 0.164. The highest BCUT2D eigenvalue weighted by atomic mass is 19.1. The molecule has 0 spiro atoms. The molecule has 0 amide bonds. The van der Waals surface area contributed by atoms with Crippen molar-refractivity contribution in [2.24, 2.45) is 5.73 Å². The van der Waals surface area contributed by atoms with Crippen molar-refractivity contribution in [2.45, 2.75) is 13.2 Å². The van der Waals surface area contributed by atoms with E-state index in [9.17, 15) is 4.39 Å². The molecule has 5 nitrogen and oxygen atoms in total. The molecule has 1 heterocycles. The summed E-state index contributed by atoms with van der Waals surface area (Å²) >= 11 is 0. The Bertz CT molecular complexity index is 513. The van der Waals surface area contributed by atoms with Crippen molar-refractivity contribution in [2.75, 3.05) is 7.11 Å². The molecule has 17 heavy (non-hydrogen) atoms. The molecule has 1 aromatic carbocycles. The zero-order valence-electron chi connectivity index (χ0n) is 9.31. The van der Waals surface area contributed by atoms with Crippen LogP contribution in [0.15, 0.2) is 22.7 Å². The topological polar surface area (TPSA) is 74.2 Å². The second-order valence-electron chi connectivity index (χ2n) is 3.46. The van der Waals surface area contributed by atoms with Crippen LogP contribution in [0.5, 0.6) is 0 Å². The second-order valence-corrected chi connectivity index (χ2v) is 3.46. The van der Waals surface area contributed by atoms with Crippen LogP contribution in [-0.2, 0) is 17.9 Å². The summed E-state index contributed by atoms with van der Waals surface area (Å²) in [6.45, 7) is 0.393. The predicted molar refractivity (Wildman–Crippen MR) is 58.3 cm³/mol. The van der Waals surface area contributed by atoms with Crippen molar-refractivity contribution in [1.82, 2.24) is 10.1 Å². The summed E-state index contributed by atoms with van der Waals surface area (Å²) in [5, 5.41) is 3.71. The van der Waals surface area contributed by atoms with Crippen molar-refractivity contribution in [3.05, 3.63) is 35.5 Å². The van der Waals surface area contributed by atoms with E-state index in [4.69, 9.17) is 15.0 Å². The maximum Gasteiger partial charge on any atom is 0.240 e. The molecule has 0 bridgehead atoms. The lowest BCUT2D eigenvalue weighted by atomic mass is 10.1. The monoisotopic (exact) mass is 237 g/mol. The van der Waals surface area contributed by atoms with Crippen LogP contribution >= 0.6 is 0 Å². The van der Waals surface area contributed by atoms with Gasteiger partial charge in [0.05, 0.1) is 13.2 Å². The number of halogens is 1. The molecule has 0 fully saturated rings. The number of benzene rings is 1. The SMILES string of the molecule is COCc1ccc(-c2noc(CN)n2)cc1F. The first-order valence-electron chi connectivity index (χ1n) is 5.05. The van der Waals surface area contributed by atoms with Crippen LogP contribution in [-0.4, -0.2) is 17.3 Å². The Labute approximate surface area is 97.4 Å². The number of ether oxygens (including phenoxy) is 1. The summed E-state index contributed by atoms with van der Waals surface area (Å²) in [7, 11) is 1.51. The van der Waals surface area contributed by atoms with E-state index in [1.165, 1.54) is 13.2 Å². The molecule has 0 atom stereocenters. The first-order chi connectivity index (χ1) is 8.24. The molecule has 0 saturated heterocycles. The van der Waals surface area contributed by atoms with Gasteiger partial charge >= 0.3 is 0 Å². The standard InChI is InChI=1S/C11H12FN3O2/c1-16-6-8-3-2-7(4-9(8)12)11-14-10(5-13)17-15-11/h2-4H,5-6,13H2,1H3. The summed E-state index contributed by atoms with van der Waals surface area (Å²) < 4.78 is 23.3. The van der Waals surface area contributed by atoms with Crippen LogP contribution in [0.3, 0.4) is 0 Å². The summed E-state index contributed by atoms with van der Waals surface area (Å²) in [5.41, 5.74) is 6.38. The number of hydrogen-bond acceptors (Lipinski definition) is 5. The highest BCUT2D eigenvalue weighted by Gasteiger charge is 2.10. The Balaban J connectivity index is 2.30. The lowest BCUT2D eigenvalue weighted by Crippen LogP contribution is -1.96. The van der Waals surface area contributed by atoms with E-state index < -0.39 is 0 Å². The predicted octanol–water partition coefficient (Wildman–Crippen LogP) is 1.48. The van der Waals surface area contributed by atoms with E-state index in [2.05, 4.69) is 10.1 Å². The third-order valence-corrected chi connectivity index (χ3v) is 2.25. The Kier molecular flexibility index (Phi) is 3.46. The molecule has 0 unspecified atom stereocenters. The summed E-state index contributed by atoms with van der Waals surface area (Å²) in [6.07, 6.45) is 0. The molecule has 90 valence electrons. The highest BCUT2D eigenvalue weighted by Crippen LogP contribution is 2.19. The van der Waals surface area contributed by atoms with E-state index in [1.807, 2.05) is 0 Å². The van der Waals surface area contributed by atoms with E-state index >= 15 is 0 Å². The van der Waals surface area contributed by atoms with Crippen molar-refractivity contribution in [3.63, 3.8) is 0 Å². The maximum absolute atomic E-state index is 13.6. The molecular weight excluding hydrogens is 225 g/mol. The van der Waals surface area contributed by atoms with Crippen LogP contribution < -0.4 is 5.73 Å². The molecule has 2 aromatic rings. The normalized spacial score (nSPS) is 10.8. The van der Waals surface area contributed by atoms with E-state index in [1.54, 1.807) is 12.1 Å². The van der Waals surface area contributed by atoms with Gasteiger partial charge in [-0.2, -0.15) is 4.98 Å². The minimum Gasteiger partial charge on any atom is -0.380 e. The van der Waals surface area contributed by atoms with Crippen LogP contribution in [0.4, 0.5) is 4.39 Å². The Morgan fingerprint density at radius 2 is 2.29 bits per heavy atom. The van der Waals surface area contributed by atoms with E-state index in [-0.39, 0.29) is 19.0 Å². The van der Waals surface area contributed by atoms with Gasteiger partial charge in [-0.05, 0) is 6.07 Å². The van der Waals surface area contributed by atoms with Crippen LogP contribution in [0.1, 0.15) is 11.5 Å². The van der Waals surface area contributed by atoms with Crippen LogP contribution in [0.25, 0.3) is 11.4 Å². The molecule has 0 saturated carbocycles. The first kappa shape index (κ1) is 11.7. The lowest BCUT2D eigenvalue weighted by molar-refractivity contribution is 0.181. The molecule has 2 rings (SSSR count). The average molecular weight is 237 g/mol. The maximum atomic E-state index is 13.6. The average Bonchev–Trinajstić information content (AvgIpc) is 2.80. The summed E-state index contributed by atoms with van der Waals surface area (Å²) in [6, 6.07) is 4.69. The van der Waals surface area contributed by atoms with Gasteiger partial charge in [-0.25, -0.2) is 4.39 Å². The van der Waals surface area contributed by atoms with Crippen molar-refractivity contribution >= 4 is 0 Å². The van der Waals surface area contributed by atoms with Gasteiger partial charge in [0, 0.05) is 18.2 Å². The molecule has 2 N–H and O–H groups in total.